The highest BCUT2D eigenvalue weighted by molar-refractivity contribution is 5.58. The van der Waals surface area contributed by atoms with Crippen LogP contribution in [-0.2, 0) is 0 Å². The van der Waals surface area contributed by atoms with Crippen LogP contribution in [0.5, 0.6) is 5.75 Å². The molecule has 5 nitrogen and oxygen atoms in total. The zero-order valence-electron chi connectivity index (χ0n) is 10.4. The molecule has 0 aliphatic carbocycles. The van der Waals surface area contributed by atoms with Crippen molar-refractivity contribution in [3.63, 3.8) is 0 Å². The lowest BCUT2D eigenvalue weighted by Crippen LogP contribution is -2.17. The first-order valence-corrected chi connectivity index (χ1v) is 5.60. The Bertz CT molecular complexity index is 589. The Kier molecular flexibility index (Phi) is 3.92. The van der Waals surface area contributed by atoms with Gasteiger partial charge in [-0.25, -0.2) is 4.98 Å². The van der Waals surface area contributed by atoms with Gasteiger partial charge in [-0.3, -0.25) is 0 Å². The van der Waals surface area contributed by atoms with Crippen molar-refractivity contribution in [1.29, 1.82) is 0 Å². The second-order valence-corrected chi connectivity index (χ2v) is 3.72. The molecule has 20 heavy (non-hydrogen) atoms. The lowest BCUT2D eigenvalue weighted by Gasteiger charge is -2.11. The maximum Gasteiger partial charge on any atom is 0.573 e. The van der Waals surface area contributed by atoms with Crippen molar-refractivity contribution >= 4 is 17.5 Å². The van der Waals surface area contributed by atoms with Crippen LogP contribution < -0.4 is 15.4 Å². The van der Waals surface area contributed by atoms with Crippen molar-refractivity contribution in [2.45, 2.75) is 6.36 Å². The lowest BCUT2D eigenvalue weighted by atomic mass is 10.3. The molecule has 0 radical (unpaired) electrons. The fourth-order valence-corrected chi connectivity index (χ4v) is 1.47. The summed E-state index contributed by atoms with van der Waals surface area (Å²) in [5, 5.41) is 5.63. The molecule has 1 aromatic carbocycles. The highest BCUT2D eigenvalue weighted by atomic mass is 19.4. The van der Waals surface area contributed by atoms with Crippen molar-refractivity contribution in [2.24, 2.45) is 0 Å². The molecule has 0 bridgehead atoms. The number of anilines is 3. The third-order valence-corrected chi connectivity index (χ3v) is 2.22. The van der Waals surface area contributed by atoms with Gasteiger partial charge in [0.1, 0.15) is 11.6 Å². The third-order valence-electron chi connectivity index (χ3n) is 2.22. The van der Waals surface area contributed by atoms with Crippen LogP contribution in [0.25, 0.3) is 0 Å². The topological polar surface area (TPSA) is 59.1 Å². The standard InChI is InChI=1S/C12H11F3N4O/c1-16-11-17-6-5-10(19-11)18-8-3-2-4-9(7-8)20-12(13,14)15/h2-7H,1H3,(H2,16,17,18,19). The van der Waals surface area contributed by atoms with Gasteiger partial charge in [0, 0.05) is 25.0 Å². The molecule has 0 fully saturated rings. The molecule has 1 heterocycles. The number of hydrogen-bond acceptors (Lipinski definition) is 5. The molecule has 0 unspecified atom stereocenters. The monoisotopic (exact) mass is 284 g/mol. The van der Waals surface area contributed by atoms with Crippen LogP contribution in [0.3, 0.4) is 0 Å². The second-order valence-electron chi connectivity index (χ2n) is 3.72. The van der Waals surface area contributed by atoms with Gasteiger partial charge in [0.05, 0.1) is 0 Å². The lowest BCUT2D eigenvalue weighted by molar-refractivity contribution is -0.274. The number of rotatable bonds is 4. The molecule has 106 valence electrons. The normalized spacial score (nSPS) is 11.0. The molecule has 8 heteroatoms. The maximum atomic E-state index is 12.1. The highest BCUT2D eigenvalue weighted by Gasteiger charge is 2.31. The summed E-state index contributed by atoms with van der Waals surface area (Å²) >= 11 is 0. The number of benzene rings is 1. The van der Waals surface area contributed by atoms with Gasteiger partial charge in [-0.1, -0.05) is 6.07 Å². The van der Waals surface area contributed by atoms with E-state index in [1.807, 2.05) is 0 Å². The van der Waals surface area contributed by atoms with Gasteiger partial charge < -0.3 is 15.4 Å². The van der Waals surface area contributed by atoms with E-state index >= 15 is 0 Å². The Labute approximate surface area is 112 Å². The summed E-state index contributed by atoms with van der Waals surface area (Å²) < 4.78 is 40.2. The Morgan fingerprint density at radius 3 is 2.70 bits per heavy atom. The van der Waals surface area contributed by atoms with Crippen LogP contribution in [0, 0.1) is 0 Å². The van der Waals surface area contributed by atoms with Crippen LogP contribution in [-0.4, -0.2) is 23.4 Å². The van der Waals surface area contributed by atoms with Gasteiger partial charge in [0.2, 0.25) is 5.95 Å². The van der Waals surface area contributed by atoms with E-state index in [0.29, 0.717) is 17.5 Å². The molecule has 2 N–H and O–H groups in total. The van der Waals surface area contributed by atoms with Gasteiger partial charge in [0.25, 0.3) is 0 Å². The predicted octanol–water partition coefficient (Wildman–Crippen LogP) is 3.16. The fraction of sp³-hybridized carbons (Fsp3) is 0.167. The van der Waals surface area contributed by atoms with E-state index in [0.717, 1.165) is 0 Å². The zero-order chi connectivity index (χ0) is 14.6. The van der Waals surface area contributed by atoms with Gasteiger partial charge in [-0.05, 0) is 18.2 Å². The molecule has 0 saturated heterocycles. The Morgan fingerprint density at radius 1 is 1.20 bits per heavy atom. The van der Waals surface area contributed by atoms with Crippen molar-refractivity contribution in [3.8, 4) is 5.75 Å². The smallest absolute Gasteiger partial charge is 0.406 e. The van der Waals surface area contributed by atoms with E-state index in [9.17, 15) is 13.2 Å². The summed E-state index contributed by atoms with van der Waals surface area (Å²) in [6.45, 7) is 0. The van der Waals surface area contributed by atoms with Crippen LogP contribution in [0.2, 0.25) is 0 Å². The Morgan fingerprint density at radius 2 is 2.00 bits per heavy atom. The average Bonchev–Trinajstić information content (AvgIpc) is 2.37. The van der Waals surface area contributed by atoms with Crippen molar-refractivity contribution in [3.05, 3.63) is 36.5 Å². The van der Waals surface area contributed by atoms with Gasteiger partial charge in [-0.2, -0.15) is 4.98 Å². The number of nitrogens with one attached hydrogen (secondary N) is 2. The molecule has 2 rings (SSSR count). The summed E-state index contributed by atoms with van der Waals surface area (Å²) in [7, 11) is 1.66. The number of nitrogens with zero attached hydrogens (tertiary/aromatic N) is 2. The van der Waals surface area contributed by atoms with Gasteiger partial charge >= 0.3 is 6.36 Å². The van der Waals surface area contributed by atoms with Crippen molar-refractivity contribution in [1.82, 2.24) is 9.97 Å². The number of aromatic nitrogens is 2. The molecular weight excluding hydrogens is 273 g/mol. The predicted molar refractivity (Wildman–Crippen MR) is 68.0 cm³/mol. The average molecular weight is 284 g/mol. The molecule has 2 aromatic rings. The van der Waals surface area contributed by atoms with E-state index in [2.05, 4.69) is 25.3 Å². The first-order chi connectivity index (χ1) is 9.46. The quantitative estimate of drug-likeness (QED) is 0.903. The molecular formula is C12H11F3N4O. The van der Waals surface area contributed by atoms with E-state index in [1.54, 1.807) is 19.2 Å². The minimum atomic E-state index is -4.72. The first kappa shape index (κ1) is 13.9. The fourth-order valence-electron chi connectivity index (χ4n) is 1.47. The number of halogens is 3. The van der Waals surface area contributed by atoms with Crippen LogP contribution in [0.4, 0.5) is 30.6 Å². The maximum absolute atomic E-state index is 12.1. The Balaban J connectivity index is 2.15. The van der Waals surface area contributed by atoms with E-state index in [-0.39, 0.29) is 5.75 Å². The number of hydrogen-bond donors (Lipinski definition) is 2. The molecule has 0 aliphatic rings. The van der Waals surface area contributed by atoms with Crippen molar-refractivity contribution < 1.29 is 17.9 Å². The third kappa shape index (κ3) is 4.01. The van der Waals surface area contributed by atoms with Crippen LogP contribution in [0.1, 0.15) is 0 Å². The molecule has 0 aliphatic heterocycles. The van der Waals surface area contributed by atoms with E-state index in [1.165, 1.54) is 24.4 Å². The molecule has 0 spiro atoms. The van der Waals surface area contributed by atoms with Gasteiger partial charge in [0.15, 0.2) is 0 Å². The molecule has 0 amide bonds. The van der Waals surface area contributed by atoms with Crippen molar-refractivity contribution in [2.75, 3.05) is 17.7 Å². The zero-order valence-corrected chi connectivity index (χ0v) is 10.4. The van der Waals surface area contributed by atoms with Crippen LogP contribution in [0.15, 0.2) is 36.5 Å². The Hall–Kier alpha value is -2.51. The number of alkyl halides is 3. The highest BCUT2D eigenvalue weighted by Crippen LogP contribution is 2.26. The summed E-state index contributed by atoms with van der Waals surface area (Å²) in [5.74, 6) is 0.552. The second kappa shape index (κ2) is 5.64. The molecule has 0 saturated carbocycles. The molecule has 0 atom stereocenters. The van der Waals surface area contributed by atoms with E-state index in [4.69, 9.17) is 0 Å². The van der Waals surface area contributed by atoms with E-state index < -0.39 is 6.36 Å². The SMILES string of the molecule is CNc1nccc(Nc2cccc(OC(F)(F)F)c2)n1. The van der Waals surface area contributed by atoms with Gasteiger partial charge in [-0.15, -0.1) is 13.2 Å². The van der Waals surface area contributed by atoms with Crippen LogP contribution >= 0.6 is 0 Å². The minimum Gasteiger partial charge on any atom is -0.406 e. The largest absolute Gasteiger partial charge is 0.573 e. The summed E-state index contributed by atoms with van der Waals surface area (Å²) in [5.41, 5.74) is 0.424. The minimum absolute atomic E-state index is 0.301. The molecule has 1 aromatic heterocycles. The number of ether oxygens (including phenoxy) is 1. The summed E-state index contributed by atoms with van der Waals surface area (Å²) in [6.07, 6.45) is -3.19. The summed E-state index contributed by atoms with van der Waals surface area (Å²) in [6, 6.07) is 7.10. The first-order valence-electron chi connectivity index (χ1n) is 5.60. The summed E-state index contributed by atoms with van der Waals surface area (Å²) in [4.78, 5) is 8.02.